The molecule has 7 rings (SSSR count). The number of nitrogens with one attached hydrogen (secondary N) is 1. The maximum Gasteiger partial charge on any atom is 0.279 e. The Hall–Kier alpha value is -3.91. The third-order valence-corrected chi connectivity index (χ3v) is 12.6. The third-order valence-electron chi connectivity index (χ3n) is 9.62. The van der Waals surface area contributed by atoms with Crippen LogP contribution in [0.4, 0.5) is 9.80 Å². The molecule has 0 radical (unpaired) electrons. The summed E-state index contributed by atoms with van der Waals surface area (Å²) >= 11 is 3.60. The van der Waals surface area contributed by atoms with Crippen LogP contribution in [-0.4, -0.2) is 56.9 Å². The number of aliphatic hydroxyl groups is 1. The lowest BCUT2D eigenvalue weighted by Crippen LogP contribution is -2.45. The number of H-pyrrole nitrogens is 1. The molecule has 1 saturated heterocycles. The predicted octanol–water partition coefficient (Wildman–Crippen LogP) is 5.62. The van der Waals surface area contributed by atoms with Gasteiger partial charge in [0.05, 0.1) is 40.6 Å². The Kier molecular flexibility index (Phi) is 8.06. The lowest BCUT2D eigenvalue weighted by atomic mass is 9.82. The zero-order valence-electron chi connectivity index (χ0n) is 26.4. The normalized spacial score (nSPS) is 22.6. The molecule has 10 nitrogen and oxygen atoms in total. The van der Waals surface area contributed by atoms with E-state index in [-0.39, 0.29) is 24.6 Å². The molecule has 2 aliphatic heterocycles. The van der Waals surface area contributed by atoms with Gasteiger partial charge in [-0.15, -0.1) is 5.10 Å². The van der Waals surface area contributed by atoms with Crippen molar-refractivity contribution in [3.05, 3.63) is 105 Å². The summed E-state index contributed by atoms with van der Waals surface area (Å²) in [5.74, 6) is -0.648. The second kappa shape index (κ2) is 12.0. The average molecular weight is 720 g/mol. The Morgan fingerprint density at radius 3 is 2.68 bits per heavy atom. The van der Waals surface area contributed by atoms with Gasteiger partial charge < -0.3 is 18.9 Å². The number of rotatable bonds is 9. The van der Waals surface area contributed by atoms with Gasteiger partial charge >= 0.3 is 0 Å². The van der Waals surface area contributed by atoms with Crippen LogP contribution >= 0.6 is 15.9 Å². The van der Waals surface area contributed by atoms with Crippen LogP contribution in [0.1, 0.15) is 30.2 Å². The molecule has 0 saturated carbocycles. The fraction of sp³-hybridized carbons (Fsp3) is 0.353. The minimum atomic E-state index is -3.34. The number of aliphatic hydroxyl groups excluding tert-OH is 1. The van der Waals surface area contributed by atoms with Gasteiger partial charge in [0.25, 0.3) is 11.5 Å². The minimum absolute atomic E-state index is 0.0203. The van der Waals surface area contributed by atoms with Crippen LogP contribution in [0.5, 0.6) is 0 Å². The first-order valence-electron chi connectivity index (χ1n) is 15.8. The van der Waals surface area contributed by atoms with E-state index < -0.39 is 31.6 Å². The van der Waals surface area contributed by atoms with E-state index in [4.69, 9.17) is 4.74 Å². The lowest BCUT2D eigenvalue weighted by molar-refractivity contribution is -0.146. The number of anilines is 1. The number of carbonyl (C=O) groups excluding carboxylic acids is 1. The van der Waals surface area contributed by atoms with Gasteiger partial charge in [-0.25, -0.2) is 4.68 Å². The first-order valence-corrected chi connectivity index (χ1v) is 19.5. The number of nitrogens with zero attached hydrogens (tertiary/aromatic N) is 5. The molecule has 244 valence electrons. The molecule has 2 aliphatic rings. The molecule has 5 aromatic rings. The Morgan fingerprint density at radius 1 is 1.11 bits per heavy atom. The Balaban J connectivity index is 1.22. The average Bonchev–Trinajstić information content (AvgIpc) is 3.77. The first kappa shape index (κ1) is 31.7. The number of hydrogen-bond acceptors (Lipinski definition) is 6. The number of hydrogen-bond donors (Lipinski definition) is 2. The number of aromatic nitrogens is 5. The molecule has 0 aliphatic carbocycles. The molecule has 4 heterocycles. The fourth-order valence-electron chi connectivity index (χ4n) is 7.60. The Bertz CT molecular complexity index is 2040. The first-order chi connectivity index (χ1) is 22.5. The number of aryl methyl sites for hydroxylation is 1. The van der Waals surface area contributed by atoms with Crippen LogP contribution in [0.3, 0.4) is 0 Å². The summed E-state index contributed by atoms with van der Waals surface area (Å²) in [6, 6.07) is 20.6. The van der Waals surface area contributed by atoms with Gasteiger partial charge in [0.1, 0.15) is 0 Å². The van der Waals surface area contributed by atoms with E-state index >= 15 is 4.11 Å². The topological polar surface area (TPSA) is 118 Å². The summed E-state index contributed by atoms with van der Waals surface area (Å²) in [4.78, 5) is 29.7. The summed E-state index contributed by atoms with van der Waals surface area (Å²) in [5.41, 5.74) is 2.40. The number of aromatic amines is 1. The molecule has 1 fully saturated rings. The molecule has 2 aromatic heterocycles. The monoisotopic (exact) mass is 718 g/mol. The molecule has 3 aromatic carbocycles. The summed E-state index contributed by atoms with van der Waals surface area (Å²) < 4.78 is 27.1. The van der Waals surface area contributed by atoms with Crippen molar-refractivity contribution in [1.82, 2.24) is 24.8 Å². The third kappa shape index (κ3) is 5.38. The van der Waals surface area contributed by atoms with E-state index in [9.17, 15) is 14.7 Å². The molecule has 4 atom stereocenters. The highest BCUT2D eigenvalue weighted by molar-refractivity contribution is 9.10. The van der Waals surface area contributed by atoms with Crippen molar-refractivity contribution in [2.75, 3.05) is 11.5 Å². The number of ether oxygens (including phenoxy) is 1. The number of amides is 1. The summed E-state index contributed by atoms with van der Waals surface area (Å²) in [6.45, 7) is 5.99. The standard InChI is InChI=1S/C34H36BrFN6O4Si/c1-21-31(47(2,3)36)30(13-15-40-20-24(14-16-43)37-39-40)46-34(21)27-18-23(35)11-12-29(27)41(33(34)45)19-22-7-6-8-25(17-22)42-32(44)26-9-4-5-10-28(26)38-42/h4-12,17-18,20-21,30-31,38,43H,13-16,19H2,1-3H3/t21-,30+,31-,34+/m0/s1. The fourth-order valence-corrected chi connectivity index (χ4v) is 10.5. The minimum Gasteiger partial charge on any atom is -0.396 e. The molecule has 1 amide bonds. The van der Waals surface area contributed by atoms with Crippen LogP contribution in [-0.2, 0) is 34.6 Å². The van der Waals surface area contributed by atoms with Crippen LogP contribution in [0, 0.1) is 5.92 Å². The van der Waals surface area contributed by atoms with Gasteiger partial charge in [0.15, 0.2) is 5.60 Å². The van der Waals surface area contributed by atoms with Crippen LogP contribution in [0.25, 0.3) is 16.6 Å². The highest BCUT2D eigenvalue weighted by atomic mass is 79.9. The van der Waals surface area contributed by atoms with Gasteiger partial charge in [0, 0.05) is 47.3 Å². The van der Waals surface area contributed by atoms with E-state index in [0.717, 1.165) is 26.8 Å². The molecule has 47 heavy (non-hydrogen) atoms. The maximum absolute atomic E-state index is 16.2. The van der Waals surface area contributed by atoms with Crippen molar-refractivity contribution in [1.29, 1.82) is 0 Å². The van der Waals surface area contributed by atoms with Crippen molar-refractivity contribution in [2.24, 2.45) is 5.92 Å². The molecule has 13 heteroatoms. The van der Waals surface area contributed by atoms with Crippen LogP contribution in [0.2, 0.25) is 18.6 Å². The molecule has 0 bridgehead atoms. The van der Waals surface area contributed by atoms with E-state index in [2.05, 4.69) is 31.3 Å². The van der Waals surface area contributed by atoms with E-state index in [0.29, 0.717) is 36.2 Å². The lowest BCUT2D eigenvalue weighted by Gasteiger charge is -2.31. The van der Waals surface area contributed by atoms with E-state index in [1.807, 2.05) is 67.6 Å². The quantitative estimate of drug-likeness (QED) is 0.151. The van der Waals surface area contributed by atoms with Gasteiger partial charge in [-0.2, -0.15) is 0 Å². The summed E-state index contributed by atoms with van der Waals surface area (Å²) in [7, 11) is -3.34. The number of benzene rings is 3. The highest BCUT2D eigenvalue weighted by Crippen LogP contribution is 2.60. The maximum atomic E-state index is 16.2. The predicted molar refractivity (Wildman–Crippen MR) is 183 cm³/mol. The smallest absolute Gasteiger partial charge is 0.279 e. The number of carbonyl (C=O) groups is 1. The summed E-state index contributed by atoms with van der Waals surface area (Å²) in [5, 5.41) is 21.3. The summed E-state index contributed by atoms with van der Waals surface area (Å²) in [6.07, 6.45) is 2.13. The number of halogens is 2. The van der Waals surface area contributed by atoms with Crippen molar-refractivity contribution >= 4 is 46.8 Å². The number of fused-ring (bicyclic) bond motifs is 3. The van der Waals surface area contributed by atoms with Gasteiger partial charge in [0.2, 0.25) is 8.41 Å². The van der Waals surface area contributed by atoms with Crippen molar-refractivity contribution < 1.29 is 18.7 Å². The second-order valence-electron chi connectivity index (χ2n) is 13.0. The Labute approximate surface area is 280 Å². The molecule has 2 N–H and O–H groups in total. The van der Waals surface area contributed by atoms with Gasteiger partial charge in [-0.1, -0.05) is 52.3 Å². The van der Waals surface area contributed by atoms with Gasteiger partial charge in [-0.05, 0) is 67.5 Å². The molecular formula is C34H36BrFN6O4Si. The molecule has 0 unspecified atom stereocenters. The zero-order valence-corrected chi connectivity index (χ0v) is 28.9. The van der Waals surface area contributed by atoms with Crippen molar-refractivity contribution in [3.63, 3.8) is 0 Å². The van der Waals surface area contributed by atoms with Crippen molar-refractivity contribution in [3.8, 4) is 5.69 Å². The Morgan fingerprint density at radius 2 is 1.91 bits per heavy atom. The number of para-hydroxylation sites is 1. The highest BCUT2D eigenvalue weighted by Gasteiger charge is 2.66. The van der Waals surface area contributed by atoms with Crippen LogP contribution < -0.4 is 10.5 Å². The van der Waals surface area contributed by atoms with Crippen molar-refractivity contribution in [2.45, 2.75) is 63.2 Å². The second-order valence-corrected chi connectivity index (χ2v) is 17.7. The van der Waals surface area contributed by atoms with Gasteiger partial charge in [-0.3, -0.25) is 19.4 Å². The SMILES string of the molecule is C[C@H]1[C@H]([Si](C)(C)F)[C@@H](CCn2cc(CCO)nn2)O[C@]12C(=O)N(Cc1cccc(-n3[nH]c4ccccc4c3=O)c1)c1ccc(Br)cc12. The zero-order chi connectivity index (χ0) is 33.1. The van der Waals surface area contributed by atoms with E-state index in [1.165, 1.54) is 4.68 Å². The van der Waals surface area contributed by atoms with E-state index in [1.54, 1.807) is 34.9 Å². The molecule has 1 spiro atoms. The molecular weight excluding hydrogens is 683 g/mol. The largest absolute Gasteiger partial charge is 0.396 e. The van der Waals surface area contributed by atoms with Crippen LogP contribution in [0.15, 0.2) is 82.2 Å².